The Balaban J connectivity index is 2.29. The van der Waals surface area contributed by atoms with Gasteiger partial charge in [-0.15, -0.1) is 0 Å². The van der Waals surface area contributed by atoms with Gasteiger partial charge in [0.1, 0.15) is 5.75 Å². The maximum Gasteiger partial charge on any atom is 0.332 e. The van der Waals surface area contributed by atoms with Gasteiger partial charge in [-0.1, -0.05) is 0 Å². The first-order chi connectivity index (χ1) is 7.56. The molecule has 0 unspecified atom stereocenters. The van der Waals surface area contributed by atoms with Crippen molar-refractivity contribution in [2.24, 2.45) is 0 Å². The van der Waals surface area contributed by atoms with Crippen LogP contribution < -0.4 is 0 Å². The number of hydrogen-bond acceptors (Lipinski definition) is 3. The fourth-order valence-corrected chi connectivity index (χ4v) is 1.59. The molecular formula is C11H11NO4. The van der Waals surface area contributed by atoms with Crippen LogP contribution in [0.4, 0.5) is 0 Å². The summed E-state index contributed by atoms with van der Waals surface area (Å²) in [6, 6.07) is 6.52. The number of aliphatic hydroxyl groups is 1. The van der Waals surface area contributed by atoms with Gasteiger partial charge in [-0.05, 0) is 24.3 Å². The van der Waals surface area contributed by atoms with Crippen LogP contribution in [0.15, 0.2) is 24.3 Å². The average molecular weight is 221 g/mol. The molecule has 2 rings (SSSR count). The number of carbonyl (C=O) groups is 1. The third-order valence-corrected chi connectivity index (χ3v) is 2.36. The molecule has 0 spiro atoms. The largest absolute Gasteiger partial charge is 0.508 e. The zero-order valence-corrected chi connectivity index (χ0v) is 8.34. The summed E-state index contributed by atoms with van der Waals surface area (Å²) in [4.78, 5) is 13.4. The number of carboxylic acid groups (broad SMARTS) is 1. The SMILES string of the molecule is O=C(O)[C@H](O)Cc1cc2cc(O)ccc2[nH]1. The first-order valence-corrected chi connectivity index (χ1v) is 4.78. The minimum absolute atomic E-state index is 0.0186. The van der Waals surface area contributed by atoms with Crippen molar-refractivity contribution in [3.05, 3.63) is 30.0 Å². The molecule has 84 valence electrons. The van der Waals surface area contributed by atoms with E-state index in [0.29, 0.717) is 5.69 Å². The van der Waals surface area contributed by atoms with Crippen molar-refractivity contribution in [3.63, 3.8) is 0 Å². The van der Waals surface area contributed by atoms with Gasteiger partial charge in [0.2, 0.25) is 0 Å². The number of aromatic amines is 1. The highest BCUT2D eigenvalue weighted by atomic mass is 16.4. The highest BCUT2D eigenvalue weighted by Crippen LogP contribution is 2.21. The Bertz CT molecular complexity index is 532. The number of phenolic OH excluding ortho intramolecular Hbond substituents is 1. The van der Waals surface area contributed by atoms with Crippen LogP contribution in [0.25, 0.3) is 10.9 Å². The van der Waals surface area contributed by atoms with Gasteiger partial charge in [0, 0.05) is 23.0 Å². The van der Waals surface area contributed by atoms with Crippen LogP contribution in [0.2, 0.25) is 0 Å². The number of hydrogen-bond donors (Lipinski definition) is 4. The summed E-state index contributed by atoms with van der Waals surface area (Å²) in [6.07, 6.45) is -1.40. The fourth-order valence-electron chi connectivity index (χ4n) is 1.59. The van der Waals surface area contributed by atoms with E-state index in [4.69, 9.17) is 5.11 Å². The Morgan fingerprint density at radius 1 is 1.38 bits per heavy atom. The van der Waals surface area contributed by atoms with Crippen molar-refractivity contribution in [1.29, 1.82) is 0 Å². The molecule has 0 aliphatic carbocycles. The second-order valence-electron chi connectivity index (χ2n) is 3.62. The molecule has 5 heteroatoms. The predicted octanol–water partition coefficient (Wildman–Crippen LogP) is 0.861. The lowest BCUT2D eigenvalue weighted by Gasteiger charge is -2.01. The van der Waals surface area contributed by atoms with Crippen molar-refractivity contribution in [3.8, 4) is 5.75 Å². The summed E-state index contributed by atoms with van der Waals surface area (Å²) in [5.41, 5.74) is 1.42. The summed E-state index contributed by atoms with van der Waals surface area (Å²) >= 11 is 0. The molecule has 4 N–H and O–H groups in total. The Morgan fingerprint density at radius 3 is 2.81 bits per heavy atom. The van der Waals surface area contributed by atoms with Crippen molar-refractivity contribution >= 4 is 16.9 Å². The number of aromatic hydroxyl groups is 1. The van der Waals surface area contributed by atoms with Crippen LogP contribution in [0, 0.1) is 0 Å². The molecule has 1 atom stereocenters. The van der Waals surface area contributed by atoms with Gasteiger partial charge >= 0.3 is 5.97 Å². The summed E-state index contributed by atoms with van der Waals surface area (Å²) in [5, 5.41) is 27.8. The minimum atomic E-state index is -1.42. The zero-order valence-electron chi connectivity index (χ0n) is 8.34. The average Bonchev–Trinajstić information content (AvgIpc) is 2.58. The molecule has 1 aromatic carbocycles. The molecule has 0 bridgehead atoms. The van der Waals surface area contributed by atoms with E-state index in [9.17, 15) is 15.0 Å². The van der Waals surface area contributed by atoms with Crippen LogP contribution in [0.3, 0.4) is 0 Å². The minimum Gasteiger partial charge on any atom is -0.508 e. The summed E-state index contributed by atoms with van der Waals surface area (Å²) in [5.74, 6) is -1.10. The van der Waals surface area contributed by atoms with Gasteiger partial charge in [0.25, 0.3) is 0 Å². The molecule has 2 aromatic rings. The number of aliphatic hydroxyl groups excluding tert-OH is 1. The van der Waals surface area contributed by atoms with Crippen LogP contribution in [-0.4, -0.2) is 32.4 Å². The highest BCUT2D eigenvalue weighted by molar-refractivity contribution is 5.82. The Hall–Kier alpha value is -2.01. The van der Waals surface area contributed by atoms with Crippen molar-refractivity contribution in [2.75, 3.05) is 0 Å². The molecule has 0 aliphatic rings. The van der Waals surface area contributed by atoms with E-state index in [1.807, 2.05) is 0 Å². The predicted molar refractivity (Wildman–Crippen MR) is 57.3 cm³/mol. The third kappa shape index (κ3) is 1.99. The molecule has 0 amide bonds. The van der Waals surface area contributed by atoms with Gasteiger partial charge in [0.05, 0.1) is 0 Å². The van der Waals surface area contributed by atoms with Crippen molar-refractivity contribution in [1.82, 2.24) is 4.98 Å². The number of aliphatic carboxylic acids is 1. The molecular weight excluding hydrogens is 210 g/mol. The van der Waals surface area contributed by atoms with Gasteiger partial charge in [-0.2, -0.15) is 0 Å². The molecule has 0 saturated carbocycles. The van der Waals surface area contributed by atoms with Crippen LogP contribution >= 0.6 is 0 Å². The maximum absolute atomic E-state index is 10.5. The molecule has 5 nitrogen and oxygen atoms in total. The summed E-state index contributed by atoms with van der Waals surface area (Å²) < 4.78 is 0. The molecule has 16 heavy (non-hydrogen) atoms. The molecule has 1 aromatic heterocycles. The number of benzene rings is 1. The Kier molecular flexibility index (Phi) is 2.54. The van der Waals surface area contributed by atoms with E-state index in [0.717, 1.165) is 10.9 Å². The van der Waals surface area contributed by atoms with Gasteiger partial charge in [-0.3, -0.25) is 0 Å². The highest BCUT2D eigenvalue weighted by Gasteiger charge is 2.14. The smallest absolute Gasteiger partial charge is 0.332 e. The number of rotatable bonds is 3. The lowest BCUT2D eigenvalue weighted by Crippen LogP contribution is -2.22. The maximum atomic E-state index is 10.5. The molecule has 0 fully saturated rings. The quantitative estimate of drug-likeness (QED) is 0.618. The second-order valence-corrected chi connectivity index (χ2v) is 3.62. The Labute approximate surface area is 91.0 Å². The molecule has 0 radical (unpaired) electrons. The molecule has 0 saturated heterocycles. The molecule has 0 aliphatic heterocycles. The number of aromatic nitrogens is 1. The van der Waals surface area contributed by atoms with E-state index >= 15 is 0 Å². The number of fused-ring (bicyclic) bond motifs is 1. The number of phenols is 1. The van der Waals surface area contributed by atoms with Crippen LogP contribution in [0.1, 0.15) is 5.69 Å². The monoisotopic (exact) mass is 221 g/mol. The summed E-state index contributed by atoms with van der Waals surface area (Å²) in [6.45, 7) is 0. The van der Waals surface area contributed by atoms with E-state index in [-0.39, 0.29) is 12.2 Å². The lowest BCUT2D eigenvalue weighted by atomic mass is 10.2. The van der Waals surface area contributed by atoms with E-state index < -0.39 is 12.1 Å². The van der Waals surface area contributed by atoms with Crippen LogP contribution in [-0.2, 0) is 11.2 Å². The van der Waals surface area contributed by atoms with Gasteiger partial charge < -0.3 is 20.3 Å². The van der Waals surface area contributed by atoms with Gasteiger partial charge in [-0.25, -0.2) is 4.79 Å². The van der Waals surface area contributed by atoms with E-state index in [1.165, 1.54) is 6.07 Å². The number of carboxylic acids is 1. The number of H-pyrrole nitrogens is 1. The zero-order chi connectivity index (χ0) is 11.7. The van der Waals surface area contributed by atoms with Crippen LogP contribution in [0.5, 0.6) is 5.75 Å². The van der Waals surface area contributed by atoms with Gasteiger partial charge in [0.15, 0.2) is 6.10 Å². The fraction of sp³-hybridized carbons (Fsp3) is 0.182. The standard InChI is InChI=1S/C11H11NO4/c13-8-1-2-9-6(4-8)3-7(12-9)5-10(14)11(15)16/h1-4,10,12-14H,5H2,(H,15,16)/t10-/m1/s1. The topological polar surface area (TPSA) is 93.6 Å². The number of nitrogens with one attached hydrogen (secondary N) is 1. The lowest BCUT2D eigenvalue weighted by molar-refractivity contribution is -0.146. The van der Waals surface area contributed by atoms with E-state index in [2.05, 4.69) is 4.98 Å². The first-order valence-electron chi connectivity index (χ1n) is 4.78. The van der Waals surface area contributed by atoms with Crippen molar-refractivity contribution < 1.29 is 20.1 Å². The normalized spacial score (nSPS) is 12.8. The second kappa shape index (κ2) is 3.86. The Morgan fingerprint density at radius 2 is 2.12 bits per heavy atom. The van der Waals surface area contributed by atoms with Crippen molar-refractivity contribution in [2.45, 2.75) is 12.5 Å². The summed E-state index contributed by atoms with van der Waals surface area (Å²) in [7, 11) is 0. The third-order valence-electron chi connectivity index (χ3n) is 2.36. The first kappa shape index (κ1) is 10.5. The van der Waals surface area contributed by atoms with E-state index in [1.54, 1.807) is 18.2 Å². The molecule has 1 heterocycles.